The number of esters is 4. The van der Waals surface area contributed by atoms with E-state index in [9.17, 15) is 33.8 Å². The van der Waals surface area contributed by atoms with Crippen LogP contribution in [0.4, 0.5) is 5.82 Å². The van der Waals surface area contributed by atoms with E-state index in [0.29, 0.717) is 5.52 Å². The van der Waals surface area contributed by atoms with Crippen LogP contribution in [-0.4, -0.2) is 94.6 Å². The SMILES string of the molecule is CCOC(=O)[C@H](C)NP(=O)(N[C@@H](C)C(=O)OC)OC[C@@]1(C#N)O[C@@H](c2ccc3c(NC(=O)C(C)C)ncnn23)[C@H](OC(=O)C(C)C)[C@@H]1OC(=O)C(C)C. The predicted molar refractivity (Wildman–Crippen MR) is 185 cm³/mol. The van der Waals surface area contributed by atoms with Gasteiger partial charge in [-0.2, -0.15) is 10.4 Å². The van der Waals surface area contributed by atoms with Gasteiger partial charge in [0.1, 0.15) is 42.7 Å². The van der Waals surface area contributed by atoms with Gasteiger partial charge in [-0.1, -0.05) is 41.5 Å². The molecule has 0 saturated carbocycles. The number of nitrogens with zero attached hydrogens (tertiary/aromatic N) is 4. The summed E-state index contributed by atoms with van der Waals surface area (Å²) in [5.41, 5.74) is -1.83. The molecule has 7 atom stereocenters. The number of rotatable bonds is 17. The number of carbonyl (C=O) groups excluding carboxylic acids is 5. The van der Waals surface area contributed by atoms with Gasteiger partial charge in [-0.25, -0.2) is 19.7 Å². The number of hydrogen-bond acceptors (Lipinski definition) is 15. The molecule has 3 heterocycles. The number of ether oxygens (including phenoxy) is 5. The van der Waals surface area contributed by atoms with Gasteiger partial charge in [-0.15, -0.1) is 0 Å². The van der Waals surface area contributed by atoms with E-state index in [1.165, 1.54) is 24.7 Å². The normalized spacial score (nSPS) is 22.2. The van der Waals surface area contributed by atoms with Crippen molar-refractivity contribution in [2.45, 2.75) is 98.3 Å². The Morgan fingerprint density at radius 1 is 0.943 bits per heavy atom. The van der Waals surface area contributed by atoms with Crippen molar-refractivity contribution in [2.75, 3.05) is 25.6 Å². The van der Waals surface area contributed by atoms with Gasteiger partial charge in [-0.05, 0) is 32.9 Å². The molecule has 2 aromatic heterocycles. The van der Waals surface area contributed by atoms with Gasteiger partial charge in [0.15, 0.2) is 18.0 Å². The van der Waals surface area contributed by atoms with Crippen LogP contribution in [0.1, 0.15) is 74.1 Å². The molecule has 0 aliphatic carbocycles. The Bertz CT molecular complexity index is 1760. The molecule has 2 aromatic rings. The summed E-state index contributed by atoms with van der Waals surface area (Å²) in [5.74, 6) is -5.08. The third-order valence-corrected chi connectivity index (χ3v) is 9.89. The van der Waals surface area contributed by atoms with Crippen LogP contribution >= 0.6 is 7.67 Å². The number of nitrogens with one attached hydrogen (secondary N) is 3. The first-order valence-corrected chi connectivity index (χ1v) is 18.6. The van der Waals surface area contributed by atoms with Crippen LogP contribution in [-0.2, 0) is 56.7 Å². The highest BCUT2D eigenvalue weighted by atomic mass is 31.2. The number of anilines is 1. The molecule has 19 nitrogen and oxygen atoms in total. The maximum Gasteiger partial charge on any atom is 0.342 e. The molecule has 1 fully saturated rings. The molecule has 0 radical (unpaired) electrons. The Balaban J connectivity index is 2.19. The van der Waals surface area contributed by atoms with E-state index >= 15 is 0 Å². The molecule has 3 rings (SSSR count). The lowest BCUT2D eigenvalue weighted by atomic mass is 9.95. The van der Waals surface area contributed by atoms with Crippen LogP contribution in [0.2, 0.25) is 0 Å². The molecule has 53 heavy (non-hydrogen) atoms. The van der Waals surface area contributed by atoms with Crippen LogP contribution in [0.5, 0.6) is 0 Å². The third-order valence-electron chi connectivity index (χ3n) is 7.94. The lowest BCUT2D eigenvalue weighted by molar-refractivity contribution is -0.173. The van der Waals surface area contributed by atoms with Gasteiger partial charge in [0, 0.05) is 5.92 Å². The molecule has 0 aromatic carbocycles. The van der Waals surface area contributed by atoms with E-state index in [1.807, 2.05) is 6.07 Å². The van der Waals surface area contributed by atoms with E-state index in [-0.39, 0.29) is 29.9 Å². The van der Waals surface area contributed by atoms with Crippen molar-refractivity contribution in [3.8, 4) is 6.07 Å². The minimum Gasteiger partial charge on any atom is -0.468 e. The molecule has 292 valence electrons. The summed E-state index contributed by atoms with van der Waals surface area (Å²) in [6, 6.07) is 2.58. The zero-order valence-electron chi connectivity index (χ0n) is 31.4. The summed E-state index contributed by atoms with van der Waals surface area (Å²) in [5, 5.41) is 22.8. The lowest BCUT2D eigenvalue weighted by Gasteiger charge is -2.32. The second-order valence-corrected chi connectivity index (χ2v) is 15.1. The molecule has 3 N–H and O–H groups in total. The molecule has 1 unspecified atom stereocenters. The number of methoxy groups -OCH3 is 1. The maximum absolute atomic E-state index is 14.3. The molecule has 0 spiro atoms. The Hall–Kier alpha value is -4.47. The first kappa shape index (κ1) is 42.9. The lowest BCUT2D eigenvalue weighted by Crippen LogP contribution is -2.51. The standard InChI is InChI=1S/C33H48N7O12P/c1-11-48-32(45)21(9)39-53(46,38-20(8)31(44)47-10)49-15-33(14-34)26(51-30(43)19(6)7)25(50-29(42)18(4)5)24(52-33)22-12-13-23-27(35-16-36-40(22)23)37-28(41)17(2)3/h12-13,16-21,24-26H,11,15H2,1-10H3,(H2,38,39,46)(H,35,36,37,41)/t20-,21-,24-,25-,26-,33+,53?/m0/s1. The number of amides is 1. The van der Waals surface area contributed by atoms with Crippen molar-refractivity contribution in [3.05, 3.63) is 24.2 Å². The van der Waals surface area contributed by atoms with E-state index < -0.39 is 86.0 Å². The molecule has 1 amide bonds. The van der Waals surface area contributed by atoms with Crippen molar-refractivity contribution in [2.24, 2.45) is 17.8 Å². The zero-order valence-corrected chi connectivity index (χ0v) is 32.3. The van der Waals surface area contributed by atoms with Crippen LogP contribution in [0.3, 0.4) is 0 Å². The Kier molecular flexibility index (Phi) is 14.6. The monoisotopic (exact) mass is 765 g/mol. The van der Waals surface area contributed by atoms with Gasteiger partial charge in [0.2, 0.25) is 11.5 Å². The Morgan fingerprint density at radius 2 is 1.55 bits per heavy atom. The minimum absolute atomic E-state index is 0.0130. The number of aromatic nitrogens is 3. The minimum atomic E-state index is -4.52. The van der Waals surface area contributed by atoms with Crippen LogP contribution in [0.25, 0.3) is 5.52 Å². The first-order valence-electron chi connectivity index (χ1n) is 17.0. The Morgan fingerprint density at radius 3 is 2.09 bits per heavy atom. The van der Waals surface area contributed by atoms with Crippen molar-refractivity contribution in [3.63, 3.8) is 0 Å². The second-order valence-electron chi connectivity index (χ2n) is 13.2. The van der Waals surface area contributed by atoms with Crippen LogP contribution in [0, 0.1) is 29.1 Å². The average molecular weight is 766 g/mol. The van der Waals surface area contributed by atoms with E-state index in [2.05, 4.69) is 25.6 Å². The highest BCUT2D eigenvalue weighted by Gasteiger charge is 2.62. The fourth-order valence-corrected chi connectivity index (χ4v) is 6.78. The Labute approximate surface area is 307 Å². The second kappa shape index (κ2) is 18.0. The molecule has 1 aliphatic rings. The zero-order chi connectivity index (χ0) is 39.8. The molecule has 1 saturated heterocycles. The molecule has 1 aliphatic heterocycles. The fourth-order valence-electron chi connectivity index (χ4n) is 4.95. The van der Waals surface area contributed by atoms with Gasteiger partial charge < -0.3 is 33.5 Å². The predicted octanol–water partition coefficient (Wildman–Crippen LogP) is 2.61. The summed E-state index contributed by atoms with van der Waals surface area (Å²) < 4.78 is 49.4. The summed E-state index contributed by atoms with van der Waals surface area (Å²) >= 11 is 0. The smallest absolute Gasteiger partial charge is 0.342 e. The number of nitriles is 1. The molecular formula is C33H48N7O12P. The van der Waals surface area contributed by atoms with Gasteiger partial charge in [0.25, 0.3) is 0 Å². The highest BCUT2D eigenvalue weighted by molar-refractivity contribution is 7.54. The van der Waals surface area contributed by atoms with E-state index in [0.717, 1.165) is 7.11 Å². The van der Waals surface area contributed by atoms with Crippen LogP contribution < -0.4 is 15.5 Å². The molecule has 0 bridgehead atoms. The average Bonchev–Trinajstić information content (AvgIpc) is 3.66. The number of carbonyl (C=O) groups is 5. The largest absolute Gasteiger partial charge is 0.468 e. The molecular weight excluding hydrogens is 717 g/mol. The van der Waals surface area contributed by atoms with Crippen molar-refractivity contribution < 1.29 is 56.7 Å². The number of hydrogen-bond donors (Lipinski definition) is 3. The van der Waals surface area contributed by atoms with Gasteiger partial charge in [-0.3, -0.25) is 28.5 Å². The highest BCUT2D eigenvalue weighted by Crippen LogP contribution is 2.48. The van der Waals surface area contributed by atoms with Crippen molar-refractivity contribution in [1.29, 1.82) is 5.26 Å². The van der Waals surface area contributed by atoms with Crippen molar-refractivity contribution >= 4 is 48.8 Å². The fraction of sp³-hybridized carbons (Fsp3) is 0.636. The topological polar surface area (TPSA) is 248 Å². The number of fused-ring (bicyclic) bond motifs is 1. The van der Waals surface area contributed by atoms with Gasteiger partial charge >= 0.3 is 31.5 Å². The summed E-state index contributed by atoms with van der Waals surface area (Å²) in [7, 11) is -3.41. The summed E-state index contributed by atoms with van der Waals surface area (Å²) in [6.07, 6.45) is -3.42. The quantitative estimate of drug-likeness (QED) is 0.119. The van der Waals surface area contributed by atoms with E-state index in [1.54, 1.807) is 60.6 Å². The maximum atomic E-state index is 14.3. The van der Waals surface area contributed by atoms with Gasteiger partial charge in [0.05, 0.1) is 31.2 Å². The summed E-state index contributed by atoms with van der Waals surface area (Å²) in [4.78, 5) is 67.9. The van der Waals surface area contributed by atoms with E-state index in [4.69, 9.17) is 28.2 Å². The third kappa shape index (κ3) is 10.1. The first-order chi connectivity index (χ1) is 24.8. The summed E-state index contributed by atoms with van der Waals surface area (Å²) in [6.45, 7) is 13.0. The van der Waals surface area contributed by atoms with Crippen LogP contribution in [0.15, 0.2) is 18.5 Å². The molecule has 20 heteroatoms. The van der Waals surface area contributed by atoms with Crippen molar-refractivity contribution in [1.82, 2.24) is 24.8 Å².